The molecule has 0 radical (unpaired) electrons. The zero-order valence-corrected chi connectivity index (χ0v) is 21.0. The molecule has 8 nitrogen and oxygen atoms in total. The number of urea groups is 1. The highest BCUT2D eigenvalue weighted by molar-refractivity contribution is 5.98. The summed E-state index contributed by atoms with van der Waals surface area (Å²) < 4.78 is 45.6. The zero-order valence-electron chi connectivity index (χ0n) is 21.0. The summed E-state index contributed by atoms with van der Waals surface area (Å²) in [6, 6.07) is 12.4. The summed E-state index contributed by atoms with van der Waals surface area (Å²) in [7, 11) is 0. The standard InChI is InChI=1S/C27H27F3N6O2/c1-3-7-21-32-24(35-12-14-36(15-13-35)26(37)31-20-11-5-4-8-17(20)2)22-23(34-38-25(22)33-21)18-9-6-10-19(16-18)27(28,29)30/h4-6,8-11,16H,3,7,12-15H2,1-2H3,(H,31,37). The molecule has 1 aliphatic heterocycles. The van der Waals surface area contributed by atoms with Gasteiger partial charge in [0, 0.05) is 43.9 Å². The Hall–Kier alpha value is -4.15. The minimum atomic E-state index is -4.49. The maximum atomic E-state index is 13.4. The van der Waals surface area contributed by atoms with Crippen LogP contribution < -0.4 is 10.2 Å². The van der Waals surface area contributed by atoms with Crippen LogP contribution >= 0.6 is 0 Å². The SMILES string of the molecule is CCCc1nc(N2CCN(C(=O)Nc3ccccc3C)CC2)c2c(-c3cccc(C(F)(F)F)c3)noc2n1. The lowest BCUT2D eigenvalue weighted by atomic mass is 10.1. The van der Waals surface area contributed by atoms with Gasteiger partial charge in [0.05, 0.1) is 5.56 Å². The Morgan fingerprint density at radius 1 is 1.05 bits per heavy atom. The molecular weight excluding hydrogens is 497 g/mol. The number of halogens is 3. The van der Waals surface area contributed by atoms with Gasteiger partial charge in [0.15, 0.2) is 0 Å². The number of aryl methyl sites for hydroxylation is 2. The Bertz CT molecular complexity index is 1460. The number of rotatable bonds is 5. The third-order valence-corrected chi connectivity index (χ3v) is 6.55. The second-order valence-corrected chi connectivity index (χ2v) is 9.22. The molecule has 5 rings (SSSR count). The monoisotopic (exact) mass is 524 g/mol. The predicted octanol–water partition coefficient (Wildman–Crippen LogP) is 5.92. The smallest absolute Gasteiger partial charge is 0.352 e. The normalized spacial score (nSPS) is 14.2. The van der Waals surface area contributed by atoms with Crippen LogP contribution in [0.4, 0.5) is 29.5 Å². The molecule has 198 valence electrons. The lowest BCUT2D eigenvalue weighted by molar-refractivity contribution is -0.137. The number of piperazine rings is 1. The molecule has 2 amide bonds. The Kier molecular flexibility index (Phi) is 6.92. The third-order valence-electron chi connectivity index (χ3n) is 6.55. The molecule has 11 heteroatoms. The van der Waals surface area contributed by atoms with Crippen LogP contribution in [0.15, 0.2) is 53.1 Å². The number of benzene rings is 2. The maximum Gasteiger partial charge on any atom is 0.416 e. The number of alkyl halides is 3. The predicted molar refractivity (Wildman–Crippen MR) is 138 cm³/mol. The molecule has 4 aromatic rings. The fraction of sp³-hybridized carbons (Fsp3) is 0.333. The van der Waals surface area contributed by atoms with Gasteiger partial charge in [-0.2, -0.15) is 18.2 Å². The van der Waals surface area contributed by atoms with E-state index in [0.717, 1.165) is 29.8 Å². The fourth-order valence-electron chi connectivity index (χ4n) is 4.51. The van der Waals surface area contributed by atoms with Gasteiger partial charge < -0.3 is 19.6 Å². The Morgan fingerprint density at radius 3 is 2.53 bits per heavy atom. The van der Waals surface area contributed by atoms with Crippen molar-refractivity contribution in [1.29, 1.82) is 0 Å². The topological polar surface area (TPSA) is 87.4 Å². The number of anilines is 2. The highest BCUT2D eigenvalue weighted by atomic mass is 19.4. The molecule has 0 bridgehead atoms. The number of aromatic nitrogens is 3. The Balaban J connectivity index is 1.44. The quantitative estimate of drug-likeness (QED) is 0.349. The number of nitrogens with one attached hydrogen (secondary N) is 1. The van der Waals surface area contributed by atoms with Gasteiger partial charge in [-0.05, 0) is 37.1 Å². The second-order valence-electron chi connectivity index (χ2n) is 9.22. The van der Waals surface area contributed by atoms with E-state index >= 15 is 0 Å². The number of hydrogen-bond donors (Lipinski definition) is 1. The molecule has 1 fully saturated rings. The average molecular weight is 525 g/mol. The zero-order chi connectivity index (χ0) is 26.9. The van der Waals surface area contributed by atoms with Gasteiger partial charge in [-0.25, -0.2) is 9.78 Å². The van der Waals surface area contributed by atoms with E-state index in [0.29, 0.717) is 49.6 Å². The van der Waals surface area contributed by atoms with E-state index in [4.69, 9.17) is 9.51 Å². The average Bonchev–Trinajstić information content (AvgIpc) is 3.33. The number of nitrogens with zero attached hydrogens (tertiary/aromatic N) is 5. The van der Waals surface area contributed by atoms with E-state index in [2.05, 4.69) is 15.5 Å². The van der Waals surface area contributed by atoms with Crippen molar-refractivity contribution in [1.82, 2.24) is 20.0 Å². The number of fused-ring (bicyclic) bond motifs is 1. The van der Waals surface area contributed by atoms with Gasteiger partial charge >= 0.3 is 12.2 Å². The van der Waals surface area contributed by atoms with Gasteiger partial charge in [-0.15, -0.1) is 0 Å². The summed E-state index contributed by atoms with van der Waals surface area (Å²) in [5, 5.41) is 7.52. The van der Waals surface area contributed by atoms with Crippen LogP contribution in [0.1, 0.15) is 30.3 Å². The summed E-state index contributed by atoms with van der Waals surface area (Å²) in [4.78, 5) is 25.9. The van der Waals surface area contributed by atoms with Gasteiger partial charge in [-0.1, -0.05) is 42.4 Å². The number of hydrogen-bond acceptors (Lipinski definition) is 6. The minimum Gasteiger partial charge on any atom is -0.352 e. The van der Waals surface area contributed by atoms with E-state index in [1.54, 1.807) is 11.0 Å². The maximum absolute atomic E-state index is 13.4. The molecule has 0 spiro atoms. The molecule has 0 aliphatic carbocycles. The summed E-state index contributed by atoms with van der Waals surface area (Å²) in [6.07, 6.45) is -3.06. The largest absolute Gasteiger partial charge is 0.416 e. The Labute approximate surface area is 217 Å². The van der Waals surface area contributed by atoms with Crippen molar-refractivity contribution in [3.63, 3.8) is 0 Å². The molecule has 0 unspecified atom stereocenters. The van der Waals surface area contributed by atoms with Crippen molar-refractivity contribution >= 4 is 28.6 Å². The van der Waals surface area contributed by atoms with Crippen LogP contribution in [0, 0.1) is 6.92 Å². The fourth-order valence-corrected chi connectivity index (χ4v) is 4.51. The first kappa shape index (κ1) is 25.5. The first-order valence-corrected chi connectivity index (χ1v) is 12.4. The van der Waals surface area contributed by atoms with Crippen molar-refractivity contribution in [2.75, 3.05) is 36.4 Å². The van der Waals surface area contributed by atoms with Gasteiger partial charge in [0.25, 0.3) is 5.71 Å². The molecule has 2 aromatic carbocycles. The molecule has 0 saturated carbocycles. The van der Waals surface area contributed by atoms with Crippen molar-refractivity contribution in [2.45, 2.75) is 32.9 Å². The molecular formula is C27H27F3N6O2. The highest BCUT2D eigenvalue weighted by Crippen LogP contribution is 2.37. The highest BCUT2D eigenvalue weighted by Gasteiger charge is 2.32. The van der Waals surface area contributed by atoms with E-state index in [9.17, 15) is 18.0 Å². The molecule has 3 heterocycles. The summed E-state index contributed by atoms with van der Waals surface area (Å²) >= 11 is 0. The van der Waals surface area contributed by atoms with Crippen LogP contribution in [0.25, 0.3) is 22.4 Å². The van der Waals surface area contributed by atoms with E-state index < -0.39 is 11.7 Å². The number of para-hydroxylation sites is 1. The molecule has 1 aliphatic rings. The molecule has 1 saturated heterocycles. The van der Waals surface area contributed by atoms with Crippen LogP contribution in [-0.2, 0) is 12.6 Å². The Morgan fingerprint density at radius 2 is 1.82 bits per heavy atom. The summed E-state index contributed by atoms with van der Waals surface area (Å²) in [6.45, 7) is 5.78. The van der Waals surface area contributed by atoms with Gasteiger partial charge in [-0.3, -0.25) is 0 Å². The van der Waals surface area contributed by atoms with Crippen LogP contribution in [-0.4, -0.2) is 52.2 Å². The lowest BCUT2D eigenvalue weighted by Crippen LogP contribution is -2.50. The van der Waals surface area contributed by atoms with Crippen molar-refractivity contribution in [3.8, 4) is 11.3 Å². The number of carbonyl (C=O) groups is 1. The van der Waals surface area contributed by atoms with E-state index in [-0.39, 0.29) is 23.0 Å². The first-order chi connectivity index (χ1) is 18.2. The van der Waals surface area contributed by atoms with Crippen molar-refractivity contribution in [3.05, 3.63) is 65.5 Å². The van der Waals surface area contributed by atoms with E-state index in [1.807, 2.05) is 43.0 Å². The van der Waals surface area contributed by atoms with Crippen LogP contribution in [0.3, 0.4) is 0 Å². The lowest BCUT2D eigenvalue weighted by Gasteiger charge is -2.35. The van der Waals surface area contributed by atoms with E-state index in [1.165, 1.54) is 6.07 Å². The summed E-state index contributed by atoms with van der Waals surface area (Å²) in [5.74, 6) is 1.12. The van der Waals surface area contributed by atoms with Gasteiger partial charge in [0.2, 0.25) is 0 Å². The van der Waals surface area contributed by atoms with Crippen molar-refractivity contribution < 1.29 is 22.5 Å². The minimum absolute atomic E-state index is 0.187. The molecule has 1 N–H and O–H groups in total. The molecule has 2 aromatic heterocycles. The van der Waals surface area contributed by atoms with Crippen LogP contribution in [0.2, 0.25) is 0 Å². The molecule has 0 atom stereocenters. The second kappa shape index (κ2) is 10.3. The number of carbonyl (C=O) groups excluding carboxylic acids is 1. The van der Waals surface area contributed by atoms with Gasteiger partial charge in [0.1, 0.15) is 22.7 Å². The first-order valence-electron chi connectivity index (χ1n) is 12.4. The van der Waals surface area contributed by atoms with Crippen molar-refractivity contribution in [2.24, 2.45) is 0 Å². The third kappa shape index (κ3) is 5.13. The summed E-state index contributed by atoms with van der Waals surface area (Å²) in [5.41, 5.74) is 1.71. The molecule has 38 heavy (non-hydrogen) atoms. The van der Waals surface area contributed by atoms with Crippen LogP contribution in [0.5, 0.6) is 0 Å². The number of amides is 2.